The number of likely N-dealkylation sites (N-methyl/N-ethyl adjacent to an activating group) is 1. The average Bonchev–Trinajstić information content (AvgIpc) is 3.01. The minimum absolute atomic E-state index is 0.0150. The van der Waals surface area contributed by atoms with Crippen molar-refractivity contribution in [3.05, 3.63) is 88.5 Å². The lowest BCUT2D eigenvalue weighted by Crippen LogP contribution is -2.43. The molecule has 45 heavy (non-hydrogen) atoms. The van der Waals surface area contributed by atoms with Gasteiger partial charge in [0.1, 0.15) is 23.1 Å². The molecule has 12 heteroatoms. The van der Waals surface area contributed by atoms with Crippen LogP contribution in [0.2, 0.25) is 0 Å². The number of aryl methyl sites for hydroxylation is 2. The van der Waals surface area contributed by atoms with Gasteiger partial charge in [0.2, 0.25) is 5.95 Å². The first-order valence-corrected chi connectivity index (χ1v) is 14.7. The third kappa shape index (κ3) is 6.14. The number of benzene rings is 3. The van der Waals surface area contributed by atoms with E-state index in [0.717, 1.165) is 46.8 Å². The van der Waals surface area contributed by atoms with Crippen LogP contribution < -0.4 is 25.6 Å². The van der Waals surface area contributed by atoms with Gasteiger partial charge in [-0.15, -0.1) is 0 Å². The number of rotatable bonds is 8. The molecule has 0 atom stereocenters. The number of urea groups is 1. The van der Waals surface area contributed by atoms with Gasteiger partial charge in [-0.05, 0) is 87.5 Å². The molecule has 0 aliphatic carbocycles. The first-order chi connectivity index (χ1) is 21.7. The van der Waals surface area contributed by atoms with Crippen molar-refractivity contribution in [1.82, 2.24) is 20.2 Å². The fraction of sp³-hybridized carbons (Fsp3) is 0.273. The molecule has 1 aromatic heterocycles. The summed E-state index contributed by atoms with van der Waals surface area (Å²) in [6.45, 7) is 3.70. The van der Waals surface area contributed by atoms with Crippen LogP contribution in [0.1, 0.15) is 33.5 Å². The number of hydrogen-bond donors (Lipinski definition) is 3. The van der Waals surface area contributed by atoms with Crippen LogP contribution in [0.25, 0.3) is 11.3 Å². The van der Waals surface area contributed by atoms with Crippen molar-refractivity contribution in [1.29, 1.82) is 0 Å². The number of anilines is 4. The van der Waals surface area contributed by atoms with E-state index in [4.69, 9.17) is 9.72 Å². The van der Waals surface area contributed by atoms with Gasteiger partial charge in [-0.3, -0.25) is 4.79 Å². The first kappa shape index (κ1) is 29.9. The van der Waals surface area contributed by atoms with E-state index in [1.165, 1.54) is 6.07 Å². The molecular weight excluding hydrogens is 580 g/mol. The molecule has 0 fully saturated rings. The summed E-state index contributed by atoms with van der Waals surface area (Å²) in [5.74, 6) is -1.09. The lowest BCUT2D eigenvalue weighted by molar-refractivity contribution is 0.102. The zero-order valence-corrected chi connectivity index (χ0v) is 25.2. The van der Waals surface area contributed by atoms with Crippen LogP contribution in [0.4, 0.5) is 36.7 Å². The molecule has 2 aliphatic heterocycles. The zero-order valence-electron chi connectivity index (χ0n) is 25.2. The summed E-state index contributed by atoms with van der Waals surface area (Å²) in [6, 6.07) is 13.5. The molecule has 0 saturated carbocycles. The molecule has 4 aromatic rings. The topological polar surface area (TPSA) is 112 Å². The Morgan fingerprint density at radius 3 is 2.67 bits per heavy atom. The van der Waals surface area contributed by atoms with Gasteiger partial charge in [0.15, 0.2) is 5.82 Å². The van der Waals surface area contributed by atoms with E-state index >= 15 is 8.78 Å². The molecule has 0 saturated heterocycles. The van der Waals surface area contributed by atoms with Crippen molar-refractivity contribution in [2.24, 2.45) is 0 Å². The Bertz CT molecular complexity index is 1780. The van der Waals surface area contributed by atoms with E-state index in [1.54, 1.807) is 12.1 Å². The Hall–Kier alpha value is -5.10. The number of nitrogens with zero attached hydrogens (tertiary/aromatic N) is 4. The molecule has 3 heterocycles. The summed E-state index contributed by atoms with van der Waals surface area (Å²) in [5.41, 5.74) is 3.83. The van der Waals surface area contributed by atoms with Crippen molar-refractivity contribution >= 4 is 35.1 Å². The summed E-state index contributed by atoms with van der Waals surface area (Å²) in [7, 11) is 3.84. The Balaban J connectivity index is 1.42. The van der Waals surface area contributed by atoms with Gasteiger partial charge in [0.05, 0.1) is 18.8 Å². The number of amides is 3. The van der Waals surface area contributed by atoms with Gasteiger partial charge in [0, 0.05) is 35.5 Å². The van der Waals surface area contributed by atoms with E-state index in [2.05, 4.69) is 20.9 Å². The van der Waals surface area contributed by atoms with Gasteiger partial charge >= 0.3 is 6.03 Å². The number of fused-ring (bicyclic) bond motifs is 2. The number of nitrogens with one attached hydrogen (secondary N) is 3. The van der Waals surface area contributed by atoms with Gasteiger partial charge in [-0.25, -0.2) is 23.5 Å². The minimum Gasteiger partial charge on any atom is -0.493 e. The van der Waals surface area contributed by atoms with Crippen LogP contribution in [-0.4, -0.2) is 60.6 Å². The van der Waals surface area contributed by atoms with Gasteiger partial charge in [-0.1, -0.05) is 12.1 Å². The molecular formula is C33H33F2N7O3. The Morgan fingerprint density at radius 1 is 1.09 bits per heavy atom. The highest BCUT2D eigenvalue weighted by atomic mass is 19.1. The Morgan fingerprint density at radius 2 is 1.89 bits per heavy atom. The normalized spacial score (nSPS) is 13.9. The lowest BCUT2D eigenvalue weighted by atomic mass is 9.97. The summed E-state index contributed by atoms with van der Waals surface area (Å²) in [5, 5.41) is 8.84. The van der Waals surface area contributed by atoms with E-state index in [-0.39, 0.29) is 24.2 Å². The number of ether oxygens (including phenoxy) is 1. The fourth-order valence-electron chi connectivity index (χ4n) is 5.42. The highest BCUT2D eigenvalue weighted by Gasteiger charge is 2.34. The summed E-state index contributed by atoms with van der Waals surface area (Å²) < 4.78 is 35.7. The fourth-order valence-corrected chi connectivity index (χ4v) is 5.42. The minimum atomic E-state index is -0.913. The summed E-state index contributed by atoms with van der Waals surface area (Å²) in [6.07, 6.45) is 1.80. The molecule has 232 valence electrons. The molecule has 3 amide bonds. The molecule has 6 rings (SSSR count). The average molecular weight is 614 g/mol. The molecule has 3 aromatic carbocycles. The third-order valence-electron chi connectivity index (χ3n) is 7.74. The van der Waals surface area contributed by atoms with E-state index in [1.807, 2.05) is 50.2 Å². The lowest BCUT2D eigenvalue weighted by Gasteiger charge is -2.31. The summed E-state index contributed by atoms with van der Waals surface area (Å²) >= 11 is 0. The number of hydrogen-bond acceptors (Lipinski definition) is 7. The molecule has 2 aliphatic rings. The Kier molecular flexibility index (Phi) is 8.31. The van der Waals surface area contributed by atoms with E-state index < -0.39 is 23.4 Å². The second-order valence-corrected chi connectivity index (χ2v) is 11.3. The van der Waals surface area contributed by atoms with Crippen LogP contribution >= 0.6 is 0 Å². The summed E-state index contributed by atoms with van der Waals surface area (Å²) in [4.78, 5) is 38.8. The van der Waals surface area contributed by atoms with Crippen molar-refractivity contribution in [3.63, 3.8) is 0 Å². The van der Waals surface area contributed by atoms with Gasteiger partial charge < -0.3 is 25.6 Å². The molecule has 0 radical (unpaired) electrons. The SMILES string of the molecule is Cc1ccc(C(=O)Nc2ccc3c(c2)CCCO3)cc1-c1nc(NCCN(C)C)nc2c1CNC(=O)N2c1c(F)cccc1F. The zero-order chi connectivity index (χ0) is 31.7. The maximum Gasteiger partial charge on any atom is 0.328 e. The van der Waals surface area contributed by atoms with Crippen LogP contribution in [-0.2, 0) is 13.0 Å². The molecule has 0 unspecified atom stereocenters. The van der Waals surface area contributed by atoms with Crippen LogP contribution in [0.15, 0.2) is 54.6 Å². The molecule has 3 N–H and O–H groups in total. The second kappa shape index (κ2) is 12.5. The second-order valence-electron chi connectivity index (χ2n) is 11.3. The first-order valence-electron chi connectivity index (χ1n) is 14.7. The smallest absolute Gasteiger partial charge is 0.328 e. The molecule has 0 bridgehead atoms. The molecule has 0 spiro atoms. The van der Waals surface area contributed by atoms with Crippen LogP contribution in [0.3, 0.4) is 0 Å². The largest absolute Gasteiger partial charge is 0.493 e. The van der Waals surface area contributed by atoms with Crippen LogP contribution in [0.5, 0.6) is 5.75 Å². The highest BCUT2D eigenvalue weighted by molar-refractivity contribution is 6.06. The highest BCUT2D eigenvalue weighted by Crippen LogP contribution is 2.39. The maximum atomic E-state index is 15.0. The predicted molar refractivity (Wildman–Crippen MR) is 168 cm³/mol. The van der Waals surface area contributed by atoms with Crippen molar-refractivity contribution in [3.8, 4) is 17.0 Å². The van der Waals surface area contributed by atoms with Crippen LogP contribution in [0, 0.1) is 18.6 Å². The van der Waals surface area contributed by atoms with Crippen molar-refractivity contribution < 1.29 is 23.1 Å². The third-order valence-corrected chi connectivity index (χ3v) is 7.74. The monoisotopic (exact) mass is 613 g/mol. The predicted octanol–water partition coefficient (Wildman–Crippen LogP) is 5.64. The Labute approximate surface area is 259 Å². The van der Waals surface area contributed by atoms with E-state index in [9.17, 15) is 9.59 Å². The number of para-hydroxylation sites is 1. The molecule has 10 nitrogen and oxygen atoms in total. The quantitative estimate of drug-likeness (QED) is 0.236. The van der Waals surface area contributed by atoms with Crippen molar-refractivity contribution in [2.75, 3.05) is 49.3 Å². The van der Waals surface area contributed by atoms with Crippen molar-refractivity contribution in [2.45, 2.75) is 26.3 Å². The number of carbonyl (C=O) groups excluding carboxylic acids is 2. The number of halogens is 2. The number of carbonyl (C=O) groups is 2. The number of aromatic nitrogens is 2. The van der Waals surface area contributed by atoms with Gasteiger partial charge in [-0.2, -0.15) is 4.98 Å². The van der Waals surface area contributed by atoms with Gasteiger partial charge in [0.25, 0.3) is 5.91 Å². The van der Waals surface area contributed by atoms with E-state index in [0.29, 0.717) is 47.8 Å². The standard InChI is InChI=1S/C33H33F2N7O3/c1-19-9-10-21(31(43)38-22-11-12-27-20(16-22)6-5-15-45-27)17-23(19)28-24-18-37-33(44)42(29-25(34)7-4-8-26(29)35)30(24)40-32(39-28)36-13-14-41(2)3/h4,7-12,16-17H,5-6,13-15,18H2,1-3H3,(H,37,44)(H,38,43)(H,36,39,40). The maximum absolute atomic E-state index is 15.0.